The zero-order chi connectivity index (χ0) is 31.1. The van der Waals surface area contributed by atoms with Gasteiger partial charge in [0.25, 0.3) is 0 Å². The Labute approximate surface area is 259 Å². The van der Waals surface area contributed by atoms with Crippen LogP contribution in [0.4, 0.5) is 5.82 Å². The molecule has 2 aromatic heterocycles. The summed E-state index contributed by atoms with van der Waals surface area (Å²) in [6, 6.07) is 9.36. The lowest BCUT2D eigenvalue weighted by Crippen LogP contribution is -2.37. The van der Waals surface area contributed by atoms with E-state index < -0.39 is 11.3 Å². The molecule has 0 radical (unpaired) electrons. The number of methoxy groups -OCH3 is 1. The lowest BCUT2D eigenvalue weighted by molar-refractivity contribution is -0.127. The fourth-order valence-corrected chi connectivity index (χ4v) is 6.61. The van der Waals surface area contributed by atoms with Crippen LogP contribution >= 0.6 is 0 Å². The topological polar surface area (TPSA) is 125 Å². The number of rotatable bonds is 16. The number of hydrogen-bond acceptors (Lipinski definition) is 6. The quantitative estimate of drug-likeness (QED) is 0.137. The highest BCUT2D eigenvalue weighted by Gasteiger charge is 2.44. The number of aliphatic hydroxyl groups is 1. The van der Waals surface area contributed by atoms with Gasteiger partial charge in [-0.1, -0.05) is 87.2 Å². The number of pyridine rings is 1. The van der Waals surface area contributed by atoms with Gasteiger partial charge in [-0.3, -0.25) is 9.59 Å². The summed E-state index contributed by atoms with van der Waals surface area (Å²) < 4.78 is 5.61. The van der Waals surface area contributed by atoms with Crippen molar-refractivity contribution in [1.82, 2.24) is 9.97 Å². The largest absolute Gasteiger partial charge is 0.668 e. The van der Waals surface area contributed by atoms with Crippen LogP contribution in [0.25, 0.3) is 10.9 Å². The third kappa shape index (κ3) is 6.65. The number of phenolic OH excluding ortho intramolecular Hbond substituents is 1. The molecule has 232 valence electrons. The number of nitrogens with zero attached hydrogens (tertiary/aromatic N) is 3. The van der Waals surface area contributed by atoms with E-state index >= 15 is 0 Å². The van der Waals surface area contributed by atoms with Gasteiger partial charge in [0.15, 0.2) is 11.5 Å². The molecule has 0 bridgehead atoms. The van der Waals surface area contributed by atoms with E-state index in [4.69, 9.17) is 4.74 Å². The number of Topliss-reactive ketones (excluding diaryl/α,β-unsaturated/α-hetero) is 2. The number of carbonyl (C=O) groups excluding carboxylic acids is 2. The predicted octanol–water partition coefficient (Wildman–Crippen LogP) is 6.86. The molecule has 0 saturated carbocycles. The smallest absolute Gasteiger partial charge is 0.161 e. The molecule has 5 rings (SSSR count). The molecular weight excluding hydrogens is 554 g/mol. The zero-order valence-corrected chi connectivity index (χ0v) is 25.6. The minimum atomic E-state index is -0.857. The number of hydrogen-bond donors (Lipinski definition) is 2. The summed E-state index contributed by atoms with van der Waals surface area (Å²) in [5.74, 6) is 0.258. The van der Waals surface area contributed by atoms with E-state index in [0.717, 1.165) is 53.6 Å². The van der Waals surface area contributed by atoms with Crippen molar-refractivity contribution in [3.63, 3.8) is 0 Å². The molecule has 1 aliphatic heterocycles. The van der Waals surface area contributed by atoms with Crippen molar-refractivity contribution < 1.29 is 24.5 Å². The molecule has 2 atom stereocenters. The van der Waals surface area contributed by atoms with Gasteiger partial charge in [0.2, 0.25) is 0 Å². The summed E-state index contributed by atoms with van der Waals surface area (Å²) >= 11 is 0. The minimum Gasteiger partial charge on any atom is -0.668 e. The van der Waals surface area contributed by atoms with Crippen LogP contribution < -0.4 is 9.72 Å². The Morgan fingerprint density at radius 1 is 1.07 bits per heavy atom. The van der Waals surface area contributed by atoms with Crippen LogP contribution in [0.15, 0.2) is 61.1 Å². The second-order valence-corrected chi connectivity index (χ2v) is 11.9. The predicted molar refractivity (Wildman–Crippen MR) is 170 cm³/mol. The van der Waals surface area contributed by atoms with Crippen LogP contribution in [-0.4, -0.2) is 40.5 Å². The van der Waals surface area contributed by atoms with Gasteiger partial charge in [0, 0.05) is 29.7 Å². The average molecular weight is 596 g/mol. The first-order valence-electron chi connectivity index (χ1n) is 15.6. The van der Waals surface area contributed by atoms with Crippen molar-refractivity contribution >= 4 is 23.0 Å². The maximum absolute atomic E-state index is 12.8. The van der Waals surface area contributed by atoms with E-state index in [1.54, 1.807) is 24.7 Å². The highest BCUT2D eigenvalue weighted by molar-refractivity contribution is 5.99. The van der Waals surface area contributed by atoms with Crippen molar-refractivity contribution in [3.05, 3.63) is 94.3 Å². The normalized spacial score (nSPS) is 18.3. The van der Waals surface area contributed by atoms with Crippen LogP contribution in [-0.2, 0) is 22.4 Å². The number of aromatic hydroxyl groups is 1. The molecule has 0 saturated heterocycles. The average Bonchev–Trinajstić information content (AvgIpc) is 3.54. The van der Waals surface area contributed by atoms with E-state index in [2.05, 4.69) is 28.3 Å². The molecule has 0 unspecified atom stereocenters. The second kappa shape index (κ2) is 14.1. The van der Waals surface area contributed by atoms with Gasteiger partial charge in [-0.05, 0) is 47.6 Å². The van der Waals surface area contributed by atoms with Crippen molar-refractivity contribution in [2.45, 2.75) is 77.0 Å². The van der Waals surface area contributed by atoms with E-state index in [-0.39, 0.29) is 42.5 Å². The number of carbonyl (C=O) groups is 2. The molecule has 1 aromatic carbocycles. The Balaban J connectivity index is 1.46. The number of ketones is 2. The molecule has 0 spiro atoms. The van der Waals surface area contributed by atoms with Crippen LogP contribution in [0, 0.1) is 5.41 Å². The first kappa shape index (κ1) is 31.3. The van der Waals surface area contributed by atoms with Crippen molar-refractivity contribution in [3.8, 4) is 11.5 Å². The number of phenols is 1. The Morgan fingerprint density at radius 3 is 2.64 bits per heavy atom. The summed E-state index contributed by atoms with van der Waals surface area (Å²) in [6.07, 6.45) is 15.8. The van der Waals surface area contributed by atoms with Gasteiger partial charge < -0.3 is 30.2 Å². The number of benzene rings is 1. The fraction of sp³-hybridized carbons (Fsp3) is 0.417. The molecule has 3 heterocycles. The van der Waals surface area contributed by atoms with E-state index in [9.17, 15) is 19.8 Å². The number of allylic oxidation sites excluding steroid dienone is 2. The molecule has 2 N–H and O–H groups in total. The van der Waals surface area contributed by atoms with Crippen molar-refractivity contribution in [2.75, 3.05) is 13.7 Å². The fourth-order valence-electron chi connectivity index (χ4n) is 6.61. The Morgan fingerprint density at radius 2 is 1.89 bits per heavy atom. The summed E-state index contributed by atoms with van der Waals surface area (Å²) in [5, 5.41) is 27.2. The highest BCUT2D eigenvalue weighted by atomic mass is 16.5. The molecule has 0 amide bonds. The van der Waals surface area contributed by atoms with Crippen LogP contribution in [0.1, 0.15) is 92.2 Å². The van der Waals surface area contributed by atoms with Gasteiger partial charge in [-0.25, -0.2) is 0 Å². The second-order valence-electron chi connectivity index (χ2n) is 11.9. The van der Waals surface area contributed by atoms with Gasteiger partial charge >= 0.3 is 0 Å². The third-order valence-corrected chi connectivity index (χ3v) is 8.79. The molecule has 8 nitrogen and oxygen atoms in total. The van der Waals surface area contributed by atoms with Crippen LogP contribution in [0.5, 0.6) is 11.5 Å². The van der Waals surface area contributed by atoms with Crippen molar-refractivity contribution in [1.29, 1.82) is 0 Å². The Hall–Kier alpha value is -4.17. The lowest BCUT2D eigenvalue weighted by atomic mass is 9.61. The van der Waals surface area contributed by atoms with Gasteiger partial charge in [-0.2, -0.15) is 11.9 Å². The highest BCUT2D eigenvalue weighted by Crippen LogP contribution is 2.56. The molecule has 44 heavy (non-hydrogen) atoms. The van der Waals surface area contributed by atoms with E-state index in [1.165, 1.54) is 13.5 Å². The molecule has 3 aromatic rings. The maximum atomic E-state index is 12.8. The molecule has 1 aliphatic carbocycles. The SMILES string of the molecule is CCCCCCCC(=O)CC(=O)CCc1cc(OC)c(O)c([C@@H]2c3ccnc4c3C(=C[C@@]2(CO)Cc2ccc[n-]2)C=C[N-]4)c1. The number of aliphatic hydroxyl groups excluding tert-OH is 1. The number of ether oxygens (including phenoxy) is 1. The summed E-state index contributed by atoms with van der Waals surface area (Å²) in [5.41, 5.74) is 4.02. The summed E-state index contributed by atoms with van der Waals surface area (Å²) in [6.45, 7) is 1.95. The van der Waals surface area contributed by atoms with Gasteiger partial charge in [0.1, 0.15) is 11.6 Å². The third-order valence-electron chi connectivity index (χ3n) is 8.79. The summed E-state index contributed by atoms with van der Waals surface area (Å²) in [4.78, 5) is 34.2. The monoisotopic (exact) mass is 595 g/mol. The van der Waals surface area contributed by atoms with Gasteiger partial charge in [0.05, 0.1) is 20.1 Å². The standard InChI is InChI=1S/C36H41N3O5/c1-3-4-5-6-7-10-27(41)20-28(42)12-11-24-18-30(34(43)31(19-24)44-2)33-29-14-17-39-35-32(29)25(13-16-38-35)21-36(33,23-40)22-26-9-8-15-37-26/h8-9,13-19,21,33,40H,3-7,10-12,20,22-23H2,1-2H3,(H-,38,39,43)/q-2/t33-,36-/m0/s1. The van der Waals surface area contributed by atoms with Crippen LogP contribution in [0.2, 0.25) is 0 Å². The van der Waals surface area contributed by atoms with Gasteiger partial charge in [-0.15, -0.1) is 0 Å². The number of unbranched alkanes of at least 4 members (excludes halogenated alkanes) is 4. The van der Waals surface area contributed by atoms with E-state index in [1.807, 2.05) is 30.3 Å². The molecule has 0 fully saturated rings. The molecule has 8 heteroatoms. The maximum Gasteiger partial charge on any atom is 0.161 e. The van der Waals surface area contributed by atoms with Crippen LogP contribution in [0.3, 0.4) is 0 Å². The molecular formula is C36H41N3O5-2. The lowest BCUT2D eigenvalue weighted by Gasteiger charge is -2.45. The van der Waals surface area contributed by atoms with Crippen molar-refractivity contribution in [2.24, 2.45) is 5.41 Å². The summed E-state index contributed by atoms with van der Waals surface area (Å²) in [7, 11) is 1.50. The Kier molecular flexibility index (Phi) is 10.0. The molecule has 2 aliphatic rings. The minimum absolute atomic E-state index is 0.00366. The number of aromatic nitrogens is 2. The number of aryl methyl sites for hydroxylation is 1. The Bertz CT molecular complexity index is 1540. The first-order valence-corrected chi connectivity index (χ1v) is 15.6. The zero-order valence-electron chi connectivity index (χ0n) is 25.6. The first-order chi connectivity index (χ1) is 21.4. The van der Waals surface area contributed by atoms with E-state index in [0.29, 0.717) is 30.6 Å².